The van der Waals surface area contributed by atoms with E-state index in [1.807, 2.05) is 13.8 Å². The van der Waals surface area contributed by atoms with Crippen molar-refractivity contribution >= 4 is 23.1 Å². The standard InChI is InChI=1S/C15H21FN2OS/c1-11(2)18-15(20)17-10-4-3-5-14(19)12-6-8-13(16)9-7-12/h6-9,11H,3-5,10H2,1-2H3,(H2,17,18,20). The molecule has 0 atom stereocenters. The van der Waals surface area contributed by atoms with Gasteiger partial charge in [-0.2, -0.15) is 0 Å². The molecule has 0 amide bonds. The molecule has 1 rings (SSSR count). The van der Waals surface area contributed by atoms with Crippen LogP contribution in [-0.2, 0) is 0 Å². The minimum Gasteiger partial charge on any atom is -0.363 e. The van der Waals surface area contributed by atoms with E-state index in [-0.39, 0.29) is 11.6 Å². The van der Waals surface area contributed by atoms with Crippen LogP contribution in [0, 0.1) is 5.82 Å². The van der Waals surface area contributed by atoms with E-state index < -0.39 is 0 Å². The van der Waals surface area contributed by atoms with Gasteiger partial charge in [0.25, 0.3) is 0 Å². The van der Waals surface area contributed by atoms with Gasteiger partial charge in [-0.1, -0.05) is 0 Å². The summed E-state index contributed by atoms with van der Waals surface area (Å²) in [6.45, 7) is 4.79. The summed E-state index contributed by atoms with van der Waals surface area (Å²) in [6.07, 6.45) is 2.12. The first-order valence-corrected chi connectivity index (χ1v) is 7.23. The second-order valence-electron chi connectivity index (χ2n) is 4.94. The number of thiocarbonyl (C=S) groups is 1. The first-order chi connectivity index (χ1) is 9.49. The molecule has 0 saturated heterocycles. The van der Waals surface area contributed by atoms with E-state index in [1.54, 1.807) is 0 Å². The number of nitrogens with one attached hydrogen (secondary N) is 2. The lowest BCUT2D eigenvalue weighted by molar-refractivity contribution is 0.0979. The second-order valence-corrected chi connectivity index (χ2v) is 5.35. The van der Waals surface area contributed by atoms with Gasteiger partial charge < -0.3 is 10.6 Å². The highest BCUT2D eigenvalue weighted by Gasteiger charge is 2.05. The molecule has 20 heavy (non-hydrogen) atoms. The van der Waals surface area contributed by atoms with Gasteiger partial charge in [-0.25, -0.2) is 4.39 Å². The van der Waals surface area contributed by atoms with Crippen LogP contribution in [-0.4, -0.2) is 23.5 Å². The molecule has 110 valence electrons. The van der Waals surface area contributed by atoms with Crippen LogP contribution >= 0.6 is 12.2 Å². The molecular weight excluding hydrogens is 275 g/mol. The summed E-state index contributed by atoms with van der Waals surface area (Å²) in [6, 6.07) is 5.99. The molecule has 0 radical (unpaired) electrons. The SMILES string of the molecule is CC(C)NC(=S)NCCCCC(=O)c1ccc(F)cc1. The molecule has 0 bridgehead atoms. The minimum atomic E-state index is -0.322. The van der Waals surface area contributed by atoms with Crippen molar-refractivity contribution in [2.24, 2.45) is 0 Å². The quantitative estimate of drug-likeness (QED) is 0.461. The zero-order chi connectivity index (χ0) is 15.0. The molecule has 2 N–H and O–H groups in total. The van der Waals surface area contributed by atoms with Crippen LogP contribution in [0.1, 0.15) is 43.5 Å². The number of carbonyl (C=O) groups excluding carboxylic acids is 1. The number of ketones is 1. The average molecular weight is 296 g/mol. The Bertz CT molecular complexity index is 446. The summed E-state index contributed by atoms with van der Waals surface area (Å²) in [7, 11) is 0. The van der Waals surface area contributed by atoms with Crippen LogP contribution in [0.25, 0.3) is 0 Å². The van der Waals surface area contributed by atoms with E-state index in [0.717, 1.165) is 19.4 Å². The van der Waals surface area contributed by atoms with Crippen LogP contribution in [0.4, 0.5) is 4.39 Å². The molecule has 0 fully saturated rings. The predicted octanol–water partition coefficient (Wildman–Crippen LogP) is 3.05. The number of rotatable bonds is 7. The number of Topliss-reactive ketones (excluding diaryl/α,β-unsaturated/α-hetero) is 1. The Morgan fingerprint density at radius 2 is 1.90 bits per heavy atom. The summed E-state index contributed by atoms with van der Waals surface area (Å²) < 4.78 is 12.7. The predicted molar refractivity (Wildman–Crippen MR) is 83.5 cm³/mol. The summed E-state index contributed by atoms with van der Waals surface area (Å²) >= 11 is 5.10. The summed E-state index contributed by atoms with van der Waals surface area (Å²) in [4.78, 5) is 11.8. The van der Waals surface area contributed by atoms with E-state index in [9.17, 15) is 9.18 Å². The fourth-order valence-corrected chi connectivity index (χ4v) is 2.04. The summed E-state index contributed by atoms with van der Waals surface area (Å²) in [5.74, 6) is -0.273. The smallest absolute Gasteiger partial charge is 0.166 e. The molecule has 0 aliphatic carbocycles. The van der Waals surface area contributed by atoms with Crippen molar-refractivity contribution in [3.8, 4) is 0 Å². The first kappa shape index (κ1) is 16.6. The molecular formula is C15H21FN2OS. The lowest BCUT2D eigenvalue weighted by Gasteiger charge is -2.12. The van der Waals surface area contributed by atoms with Crippen molar-refractivity contribution in [2.75, 3.05) is 6.54 Å². The highest BCUT2D eigenvalue weighted by molar-refractivity contribution is 7.80. The molecule has 0 aliphatic heterocycles. The van der Waals surface area contributed by atoms with E-state index in [2.05, 4.69) is 10.6 Å². The van der Waals surface area contributed by atoms with Crippen LogP contribution in [0.2, 0.25) is 0 Å². The van der Waals surface area contributed by atoms with Crippen molar-refractivity contribution in [3.05, 3.63) is 35.6 Å². The van der Waals surface area contributed by atoms with Crippen LogP contribution in [0.5, 0.6) is 0 Å². The first-order valence-electron chi connectivity index (χ1n) is 6.82. The molecule has 0 aromatic heterocycles. The Morgan fingerprint density at radius 3 is 2.50 bits per heavy atom. The van der Waals surface area contributed by atoms with Crippen molar-refractivity contribution < 1.29 is 9.18 Å². The van der Waals surface area contributed by atoms with Crippen molar-refractivity contribution in [2.45, 2.75) is 39.2 Å². The molecule has 1 aromatic rings. The van der Waals surface area contributed by atoms with Crippen molar-refractivity contribution in [1.82, 2.24) is 10.6 Å². The van der Waals surface area contributed by atoms with Crippen LogP contribution in [0.3, 0.4) is 0 Å². The monoisotopic (exact) mass is 296 g/mol. The lowest BCUT2D eigenvalue weighted by atomic mass is 10.1. The number of hydrogen-bond donors (Lipinski definition) is 2. The summed E-state index contributed by atoms with van der Waals surface area (Å²) in [5.41, 5.74) is 0.566. The van der Waals surface area contributed by atoms with E-state index in [4.69, 9.17) is 12.2 Å². The van der Waals surface area contributed by atoms with E-state index >= 15 is 0 Å². The zero-order valence-electron chi connectivity index (χ0n) is 11.9. The van der Waals surface area contributed by atoms with Gasteiger partial charge in [0.1, 0.15) is 5.82 Å². The third-order valence-electron chi connectivity index (χ3n) is 2.70. The number of benzene rings is 1. The van der Waals surface area contributed by atoms with Crippen molar-refractivity contribution in [1.29, 1.82) is 0 Å². The number of hydrogen-bond acceptors (Lipinski definition) is 2. The van der Waals surface area contributed by atoms with Gasteiger partial charge in [-0.05, 0) is 63.2 Å². The lowest BCUT2D eigenvalue weighted by Crippen LogP contribution is -2.39. The van der Waals surface area contributed by atoms with Gasteiger partial charge in [0, 0.05) is 24.6 Å². The van der Waals surface area contributed by atoms with Crippen molar-refractivity contribution in [3.63, 3.8) is 0 Å². The summed E-state index contributed by atoms with van der Waals surface area (Å²) in [5, 5.41) is 6.83. The Morgan fingerprint density at radius 1 is 1.25 bits per heavy atom. The topological polar surface area (TPSA) is 41.1 Å². The third-order valence-corrected chi connectivity index (χ3v) is 2.96. The van der Waals surface area contributed by atoms with E-state index in [1.165, 1.54) is 24.3 Å². The van der Waals surface area contributed by atoms with Gasteiger partial charge in [-0.3, -0.25) is 4.79 Å². The van der Waals surface area contributed by atoms with Gasteiger partial charge >= 0.3 is 0 Å². The fraction of sp³-hybridized carbons (Fsp3) is 0.467. The zero-order valence-corrected chi connectivity index (χ0v) is 12.7. The average Bonchev–Trinajstić information content (AvgIpc) is 2.38. The molecule has 0 spiro atoms. The number of carbonyl (C=O) groups is 1. The Kier molecular flexibility index (Phi) is 7.15. The fourth-order valence-electron chi connectivity index (χ4n) is 1.71. The third kappa shape index (κ3) is 6.61. The molecule has 5 heteroatoms. The van der Waals surface area contributed by atoms with E-state index in [0.29, 0.717) is 23.1 Å². The maximum atomic E-state index is 12.7. The molecule has 0 saturated carbocycles. The second kappa shape index (κ2) is 8.64. The minimum absolute atomic E-state index is 0.0490. The normalized spacial score (nSPS) is 10.4. The molecule has 0 unspecified atom stereocenters. The Labute approximate surface area is 125 Å². The van der Waals surface area contributed by atoms with Gasteiger partial charge in [-0.15, -0.1) is 0 Å². The number of halogens is 1. The highest BCUT2D eigenvalue weighted by atomic mass is 32.1. The van der Waals surface area contributed by atoms with Crippen LogP contribution in [0.15, 0.2) is 24.3 Å². The Balaban J connectivity index is 2.16. The van der Waals surface area contributed by atoms with Crippen LogP contribution < -0.4 is 10.6 Å². The van der Waals surface area contributed by atoms with Gasteiger partial charge in [0.2, 0.25) is 0 Å². The molecule has 1 aromatic carbocycles. The molecule has 3 nitrogen and oxygen atoms in total. The number of unbranched alkanes of at least 4 members (excludes halogenated alkanes) is 1. The maximum absolute atomic E-state index is 12.7. The largest absolute Gasteiger partial charge is 0.363 e. The molecule has 0 heterocycles. The van der Waals surface area contributed by atoms with Gasteiger partial charge in [0.05, 0.1) is 0 Å². The maximum Gasteiger partial charge on any atom is 0.166 e. The Hall–Kier alpha value is -1.49. The van der Waals surface area contributed by atoms with Gasteiger partial charge in [0.15, 0.2) is 10.9 Å². The highest BCUT2D eigenvalue weighted by Crippen LogP contribution is 2.08. The molecule has 0 aliphatic rings.